The van der Waals surface area contributed by atoms with Crippen LogP contribution < -0.4 is 5.32 Å². The average Bonchev–Trinajstić information content (AvgIpc) is 2.99. The zero-order valence-corrected chi connectivity index (χ0v) is 15.3. The molecule has 27 heavy (non-hydrogen) atoms. The second kappa shape index (κ2) is 6.78. The number of likely N-dealkylation sites (tertiary alicyclic amines) is 1. The van der Waals surface area contributed by atoms with Gasteiger partial charge in [-0.2, -0.15) is 0 Å². The van der Waals surface area contributed by atoms with Crippen molar-refractivity contribution in [2.75, 3.05) is 13.1 Å². The van der Waals surface area contributed by atoms with Gasteiger partial charge in [-0.25, -0.2) is 0 Å². The number of hydrogen-bond donors (Lipinski definition) is 2. The Bertz CT molecular complexity index is 870. The highest BCUT2D eigenvalue weighted by molar-refractivity contribution is 5.99. The molecule has 6 heteroatoms. The summed E-state index contributed by atoms with van der Waals surface area (Å²) in [7, 11) is 0. The first-order valence-corrected chi connectivity index (χ1v) is 9.29. The normalized spacial score (nSPS) is 20.9. The molecule has 140 valence electrons. The molecule has 4 rings (SSSR count). The van der Waals surface area contributed by atoms with Crippen LogP contribution in [-0.4, -0.2) is 39.9 Å². The van der Waals surface area contributed by atoms with E-state index in [-0.39, 0.29) is 24.3 Å². The lowest BCUT2D eigenvalue weighted by atomic mass is 9.87. The Hall–Kier alpha value is -2.73. The summed E-state index contributed by atoms with van der Waals surface area (Å²) in [5.74, 6) is -0.127. The Morgan fingerprint density at radius 3 is 2.70 bits per heavy atom. The van der Waals surface area contributed by atoms with Crippen LogP contribution in [0.15, 0.2) is 42.6 Å². The molecule has 0 spiro atoms. The second-order valence-electron chi connectivity index (χ2n) is 7.45. The standard InChI is InChI=1S/C21H23N3O3/c1-14-6-7-18(22-13-14)21(27)8-10-24(11-9-21)19(25)12-17-15-4-2-3-5-16(15)20(26)23-17/h2-7,13,17,27H,8-12H2,1H3,(H,23,26)/t17-/m0/s1. The van der Waals surface area contributed by atoms with Crippen molar-refractivity contribution < 1.29 is 14.7 Å². The van der Waals surface area contributed by atoms with Gasteiger partial charge in [0.15, 0.2) is 0 Å². The molecule has 0 saturated carbocycles. The zero-order valence-electron chi connectivity index (χ0n) is 15.3. The van der Waals surface area contributed by atoms with Crippen molar-refractivity contribution in [1.29, 1.82) is 0 Å². The number of benzene rings is 1. The van der Waals surface area contributed by atoms with Crippen LogP contribution in [0.5, 0.6) is 0 Å². The van der Waals surface area contributed by atoms with E-state index in [2.05, 4.69) is 10.3 Å². The number of amides is 2. The summed E-state index contributed by atoms with van der Waals surface area (Å²) in [5.41, 5.74) is 2.26. The van der Waals surface area contributed by atoms with Crippen molar-refractivity contribution in [2.45, 2.75) is 37.8 Å². The second-order valence-corrected chi connectivity index (χ2v) is 7.45. The molecule has 2 aliphatic heterocycles. The Labute approximate surface area is 158 Å². The van der Waals surface area contributed by atoms with Crippen molar-refractivity contribution in [2.24, 2.45) is 0 Å². The smallest absolute Gasteiger partial charge is 0.252 e. The fourth-order valence-corrected chi connectivity index (χ4v) is 3.91. The van der Waals surface area contributed by atoms with Crippen LogP contribution in [-0.2, 0) is 10.4 Å². The van der Waals surface area contributed by atoms with Gasteiger partial charge in [0.25, 0.3) is 5.91 Å². The van der Waals surface area contributed by atoms with Gasteiger partial charge < -0.3 is 15.3 Å². The Morgan fingerprint density at radius 1 is 1.26 bits per heavy atom. The van der Waals surface area contributed by atoms with E-state index in [1.54, 1.807) is 17.2 Å². The number of fused-ring (bicyclic) bond motifs is 1. The van der Waals surface area contributed by atoms with Crippen LogP contribution in [0.25, 0.3) is 0 Å². The first-order chi connectivity index (χ1) is 13.0. The molecule has 0 aliphatic carbocycles. The molecule has 0 bridgehead atoms. The predicted molar refractivity (Wildman–Crippen MR) is 100.0 cm³/mol. The van der Waals surface area contributed by atoms with Gasteiger partial charge in [0.2, 0.25) is 5.91 Å². The van der Waals surface area contributed by atoms with Crippen LogP contribution in [0.4, 0.5) is 0 Å². The van der Waals surface area contributed by atoms with Crippen LogP contribution >= 0.6 is 0 Å². The van der Waals surface area contributed by atoms with Crippen LogP contribution in [0, 0.1) is 6.92 Å². The van der Waals surface area contributed by atoms with Gasteiger partial charge in [0.05, 0.1) is 18.2 Å². The molecule has 2 aliphatic rings. The third kappa shape index (κ3) is 3.32. The molecule has 0 radical (unpaired) electrons. The number of aliphatic hydroxyl groups is 1. The van der Waals surface area contributed by atoms with Gasteiger partial charge in [-0.15, -0.1) is 0 Å². The Morgan fingerprint density at radius 2 is 2.00 bits per heavy atom. The molecular formula is C21H23N3O3. The summed E-state index contributed by atoms with van der Waals surface area (Å²) in [5, 5.41) is 13.8. The highest BCUT2D eigenvalue weighted by Crippen LogP contribution is 2.33. The van der Waals surface area contributed by atoms with Gasteiger partial charge >= 0.3 is 0 Å². The summed E-state index contributed by atoms with van der Waals surface area (Å²) in [6.07, 6.45) is 2.92. The lowest BCUT2D eigenvalue weighted by molar-refractivity contribution is -0.136. The molecule has 1 aromatic carbocycles. The molecule has 3 heterocycles. The van der Waals surface area contributed by atoms with Gasteiger partial charge in [-0.05, 0) is 43.0 Å². The molecule has 1 atom stereocenters. The lowest BCUT2D eigenvalue weighted by Crippen LogP contribution is -2.46. The third-order valence-corrected chi connectivity index (χ3v) is 5.60. The molecular weight excluding hydrogens is 342 g/mol. The molecule has 1 fully saturated rings. The van der Waals surface area contributed by atoms with Crippen LogP contribution in [0.2, 0.25) is 0 Å². The van der Waals surface area contributed by atoms with Crippen molar-refractivity contribution in [3.05, 3.63) is 65.0 Å². The number of aryl methyl sites for hydroxylation is 1. The van der Waals surface area contributed by atoms with E-state index in [4.69, 9.17) is 0 Å². The number of nitrogens with one attached hydrogen (secondary N) is 1. The quantitative estimate of drug-likeness (QED) is 0.872. The van der Waals surface area contributed by atoms with E-state index in [1.807, 2.05) is 37.3 Å². The predicted octanol–water partition coefficient (Wildman–Crippen LogP) is 2.07. The van der Waals surface area contributed by atoms with Crippen molar-refractivity contribution in [1.82, 2.24) is 15.2 Å². The number of piperidine rings is 1. The van der Waals surface area contributed by atoms with Gasteiger partial charge in [0, 0.05) is 24.8 Å². The number of carbonyl (C=O) groups is 2. The highest BCUT2D eigenvalue weighted by atomic mass is 16.3. The maximum atomic E-state index is 12.7. The number of nitrogens with zero attached hydrogens (tertiary/aromatic N) is 2. The van der Waals surface area contributed by atoms with Crippen molar-refractivity contribution in [3.8, 4) is 0 Å². The SMILES string of the molecule is Cc1ccc(C2(O)CCN(C(=O)C[C@@H]3NC(=O)c4ccccc43)CC2)nc1. The average molecular weight is 365 g/mol. The Balaban J connectivity index is 1.39. The zero-order chi connectivity index (χ0) is 19.0. The van der Waals surface area contributed by atoms with Gasteiger partial charge in [0.1, 0.15) is 5.60 Å². The minimum absolute atomic E-state index is 0.00378. The Kier molecular flexibility index (Phi) is 4.44. The summed E-state index contributed by atoms with van der Waals surface area (Å²) in [6.45, 7) is 2.92. The molecule has 1 aromatic heterocycles. The van der Waals surface area contributed by atoms with Gasteiger partial charge in [-0.1, -0.05) is 24.3 Å². The molecule has 2 amide bonds. The lowest BCUT2D eigenvalue weighted by Gasteiger charge is -2.38. The summed E-state index contributed by atoms with van der Waals surface area (Å²) < 4.78 is 0. The number of aromatic nitrogens is 1. The monoisotopic (exact) mass is 365 g/mol. The third-order valence-electron chi connectivity index (χ3n) is 5.60. The fraction of sp³-hybridized carbons (Fsp3) is 0.381. The molecule has 2 aromatic rings. The summed E-state index contributed by atoms with van der Waals surface area (Å²) in [4.78, 5) is 30.9. The van der Waals surface area contributed by atoms with E-state index in [0.717, 1.165) is 11.1 Å². The van der Waals surface area contributed by atoms with E-state index in [0.29, 0.717) is 37.2 Å². The minimum atomic E-state index is -0.987. The number of rotatable bonds is 3. The van der Waals surface area contributed by atoms with Crippen LogP contribution in [0.3, 0.4) is 0 Å². The number of pyridine rings is 1. The number of carbonyl (C=O) groups excluding carboxylic acids is 2. The van der Waals surface area contributed by atoms with E-state index < -0.39 is 5.60 Å². The van der Waals surface area contributed by atoms with Crippen LogP contribution in [0.1, 0.15) is 52.5 Å². The van der Waals surface area contributed by atoms with E-state index >= 15 is 0 Å². The maximum absolute atomic E-state index is 12.7. The first-order valence-electron chi connectivity index (χ1n) is 9.29. The molecule has 6 nitrogen and oxygen atoms in total. The first kappa shape index (κ1) is 17.7. The molecule has 2 N–H and O–H groups in total. The molecule has 0 unspecified atom stereocenters. The van der Waals surface area contributed by atoms with E-state index in [1.165, 1.54) is 0 Å². The van der Waals surface area contributed by atoms with Gasteiger partial charge in [-0.3, -0.25) is 14.6 Å². The summed E-state index contributed by atoms with van der Waals surface area (Å²) >= 11 is 0. The minimum Gasteiger partial charge on any atom is -0.383 e. The highest BCUT2D eigenvalue weighted by Gasteiger charge is 2.38. The maximum Gasteiger partial charge on any atom is 0.252 e. The topological polar surface area (TPSA) is 82.5 Å². The van der Waals surface area contributed by atoms with Crippen molar-refractivity contribution in [3.63, 3.8) is 0 Å². The molecule has 1 saturated heterocycles. The van der Waals surface area contributed by atoms with Crippen molar-refractivity contribution >= 4 is 11.8 Å². The fourth-order valence-electron chi connectivity index (χ4n) is 3.91. The summed E-state index contributed by atoms with van der Waals surface area (Å²) in [6, 6.07) is 10.9. The largest absolute Gasteiger partial charge is 0.383 e. The van der Waals surface area contributed by atoms with E-state index in [9.17, 15) is 14.7 Å². The number of hydrogen-bond acceptors (Lipinski definition) is 4.